The molecule has 1 heterocycles. The van der Waals surface area contributed by atoms with Crippen molar-refractivity contribution in [3.63, 3.8) is 0 Å². The molecular formula is C19H22ClN3O. The predicted octanol–water partition coefficient (Wildman–Crippen LogP) is 4.00. The average Bonchev–Trinajstić information content (AvgIpc) is 2.60. The van der Waals surface area contributed by atoms with Crippen LogP contribution in [0.15, 0.2) is 48.5 Å². The monoisotopic (exact) mass is 343 g/mol. The first-order chi connectivity index (χ1) is 11.6. The van der Waals surface area contributed by atoms with E-state index >= 15 is 0 Å². The SMILES string of the molecule is Cc1ccc(Cl)cc1NC(=O)N1CCN(Cc2ccccc2)CC1. The highest BCUT2D eigenvalue weighted by molar-refractivity contribution is 6.31. The van der Waals surface area contributed by atoms with E-state index in [-0.39, 0.29) is 6.03 Å². The normalized spacial score (nSPS) is 15.3. The smallest absolute Gasteiger partial charge is 0.321 e. The molecule has 0 atom stereocenters. The Morgan fingerprint density at radius 1 is 1.08 bits per heavy atom. The number of urea groups is 1. The maximum Gasteiger partial charge on any atom is 0.321 e. The minimum atomic E-state index is -0.0558. The fourth-order valence-corrected chi connectivity index (χ4v) is 3.05. The molecule has 0 spiro atoms. The number of rotatable bonds is 3. The van der Waals surface area contributed by atoms with Gasteiger partial charge in [0.05, 0.1) is 0 Å². The summed E-state index contributed by atoms with van der Waals surface area (Å²) in [5, 5.41) is 3.60. The Morgan fingerprint density at radius 2 is 1.79 bits per heavy atom. The zero-order valence-corrected chi connectivity index (χ0v) is 14.6. The standard InChI is InChI=1S/C19H22ClN3O/c1-15-7-8-17(20)13-18(15)21-19(24)23-11-9-22(10-12-23)14-16-5-3-2-4-6-16/h2-8,13H,9-12,14H2,1H3,(H,21,24). The summed E-state index contributed by atoms with van der Waals surface area (Å²) < 4.78 is 0. The van der Waals surface area contributed by atoms with Crippen molar-refractivity contribution in [3.8, 4) is 0 Å². The van der Waals surface area contributed by atoms with E-state index in [4.69, 9.17) is 11.6 Å². The van der Waals surface area contributed by atoms with Gasteiger partial charge in [0.2, 0.25) is 0 Å². The molecule has 2 amide bonds. The van der Waals surface area contributed by atoms with Crippen molar-refractivity contribution < 1.29 is 4.79 Å². The first kappa shape index (κ1) is 16.8. The molecule has 0 bridgehead atoms. The molecule has 126 valence electrons. The molecule has 1 aliphatic heterocycles. The number of hydrogen-bond acceptors (Lipinski definition) is 2. The van der Waals surface area contributed by atoms with Gasteiger partial charge >= 0.3 is 6.03 Å². The average molecular weight is 344 g/mol. The van der Waals surface area contributed by atoms with Gasteiger partial charge in [0.15, 0.2) is 0 Å². The van der Waals surface area contributed by atoms with E-state index in [1.54, 1.807) is 6.07 Å². The molecule has 0 saturated carbocycles. The third-order valence-corrected chi connectivity index (χ3v) is 4.58. The lowest BCUT2D eigenvalue weighted by atomic mass is 10.2. The first-order valence-electron chi connectivity index (χ1n) is 8.20. The van der Waals surface area contributed by atoms with Gasteiger partial charge in [-0.3, -0.25) is 4.90 Å². The molecule has 0 unspecified atom stereocenters. The Balaban J connectivity index is 1.52. The van der Waals surface area contributed by atoms with E-state index in [9.17, 15) is 4.79 Å². The van der Waals surface area contributed by atoms with Crippen LogP contribution in [0.2, 0.25) is 5.02 Å². The molecule has 3 rings (SSSR count). The van der Waals surface area contributed by atoms with Gasteiger partial charge in [-0.15, -0.1) is 0 Å². The number of nitrogens with one attached hydrogen (secondary N) is 1. The maximum atomic E-state index is 12.4. The number of piperazine rings is 1. The fourth-order valence-electron chi connectivity index (χ4n) is 2.87. The van der Waals surface area contributed by atoms with Crippen LogP contribution in [0.4, 0.5) is 10.5 Å². The lowest BCUT2D eigenvalue weighted by Crippen LogP contribution is -2.49. The number of hydrogen-bond donors (Lipinski definition) is 1. The maximum absolute atomic E-state index is 12.4. The molecule has 0 radical (unpaired) electrons. The second kappa shape index (κ2) is 7.69. The molecule has 0 aromatic heterocycles. The molecule has 2 aromatic carbocycles. The molecule has 1 aliphatic rings. The number of amides is 2. The van der Waals surface area contributed by atoms with E-state index in [0.717, 1.165) is 44.0 Å². The summed E-state index contributed by atoms with van der Waals surface area (Å²) in [5.41, 5.74) is 3.10. The highest BCUT2D eigenvalue weighted by Gasteiger charge is 2.21. The van der Waals surface area contributed by atoms with Crippen LogP contribution in [-0.2, 0) is 6.54 Å². The summed E-state index contributed by atoms with van der Waals surface area (Å²) in [4.78, 5) is 16.7. The zero-order valence-electron chi connectivity index (χ0n) is 13.8. The number of anilines is 1. The van der Waals surface area contributed by atoms with Crippen LogP contribution in [0, 0.1) is 6.92 Å². The minimum absolute atomic E-state index is 0.0558. The van der Waals surface area contributed by atoms with Gasteiger partial charge in [-0.2, -0.15) is 0 Å². The van der Waals surface area contributed by atoms with Crippen molar-refractivity contribution in [2.45, 2.75) is 13.5 Å². The minimum Gasteiger partial charge on any atom is -0.322 e. The van der Waals surface area contributed by atoms with E-state index in [1.165, 1.54) is 5.56 Å². The second-order valence-electron chi connectivity index (χ2n) is 6.14. The van der Waals surface area contributed by atoms with Crippen LogP contribution in [0.5, 0.6) is 0 Å². The van der Waals surface area contributed by atoms with Gasteiger partial charge in [-0.05, 0) is 30.2 Å². The molecule has 4 nitrogen and oxygen atoms in total. The third-order valence-electron chi connectivity index (χ3n) is 4.35. The van der Waals surface area contributed by atoms with Gasteiger partial charge in [0, 0.05) is 43.4 Å². The van der Waals surface area contributed by atoms with Crippen LogP contribution in [0.25, 0.3) is 0 Å². The molecule has 5 heteroatoms. The van der Waals surface area contributed by atoms with Gasteiger partial charge in [-0.1, -0.05) is 48.0 Å². The summed E-state index contributed by atoms with van der Waals surface area (Å²) in [6, 6.07) is 15.9. The number of aryl methyl sites for hydroxylation is 1. The number of nitrogens with zero attached hydrogens (tertiary/aromatic N) is 2. The quantitative estimate of drug-likeness (QED) is 0.914. The van der Waals surface area contributed by atoms with Gasteiger partial charge in [-0.25, -0.2) is 4.79 Å². The van der Waals surface area contributed by atoms with E-state index < -0.39 is 0 Å². The van der Waals surface area contributed by atoms with Crippen LogP contribution in [0.3, 0.4) is 0 Å². The summed E-state index contributed by atoms with van der Waals surface area (Å²) in [6.07, 6.45) is 0. The van der Waals surface area contributed by atoms with Crippen molar-refractivity contribution in [1.29, 1.82) is 0 Å². The Hall–Kier alpha value is -2.04. The highest BCUT2D eigenvalue weighted by Crippen LogP contribution is 2.21. The van der Waals surface area contributed by atoms with Crippen LogP contribution in [-0.4, -0.2) is 42.0 Å². The van der Waals surface area contributed by atoms with Crippen molar-refractivity contribution in [3.05, 3.63) is 64.7 Å². The van der Waals surface area contributed by atoms with Crippen molar-refractivity contribution in [2.75, 3.05) is 31.5 Å². The van der Waals surface area contributed by atoms with E-state index in [1.807, 2.05) is 30.0 Å². The first-order valence-corrected chi connectivity index (χ1v) is 8.58. The molecule has 24 heavy (non-hydrogen) atoms. The van der Waals surface area contributed by atoms with Crippen LogP contribution >= 0.6 is 11.6 Å². The number of carbonyl (C=O) groups excluding carboxylic acids is 1. The molecule has 1 saturated heterocycles. The summed E-state index contributed by atoms with van der Waals surface area (Å²) in [6.45, 7) is 6.14. The summed E-state index contributed by atoms with van der Waals surface area (Å²) in [7, 11) is 0. The summed E-state index contributed by atoms with van der Waals surface area (Å²) in [5.74, 6) is 0. The van der Waals surface area contributed by atoms with Crippen molar-refractivity contribution in [1.82, 2.24) is 9.80 Å². The summed E-state index contributed by atoms with van der Waals surface area (Å²) >= 11 is 6.01. The predicted molar refractivity (Wildman–Crippen MR) is 98.5 cm³/mol. The van der Waals surface area contributed by atoms with Gasteiger partial charge in [0.25, 0.3) is 0 Å². The largest absolute Gasteiger partial charge is 0.322 e. The lowest BCUT2D eigenvalue weighted by molar-refractivity contribution is 0.143. The van der Waals surface area contributed by atoms with Crippen molar-refractivity contribution >= 4 is 23.3 Å². The number of carbonyl (C=O) groups is 1. The molecule has 0 aliphatic carbocycles. The molecular weight excluding hydrogens is 322 g/mol. The Bertz CT molecular complexity index is 697. The van der Waals surface area contributed by atoms with Crippen molar-refractivity contribution in [2.24, 2.45) is 0 Å². The Kier molecular flexibility index (Phi) is 5.38. The second-order valence-corrected chi connectivity index (χ2v) is 6.57. The topological polar surface area (TPSA) is 35.6 Å². The molecule has 1 fully saturated rings. The van der Waals surface area contributed by atoms with Crippen LogP contribution < -0.4 is 5.32 Å². The lowest BCUT2D eigenvalue weighted by Gasteiger charge is -2.34. The Morgan fingerprint density at radius 3 is 2.50 bits per heavy atom. The van der Waals surface area contributed by atoms with Gasteiger partial charge < -0.3 is 10.2 Å². The van der Waals surface area contributed by atoms with E-state index in [0.29, 0.717) is 5.02 Å². The zero-order chi connectivity index (χ0) is 16.9. The van der Waals surface area contributed by atoms with Crippen LogP contribution in [0.1, 0.15) is 11.1 Å². The number of benzene rings is 2. The van der Waals surface area contributed by atoms with E-state index in [2.05, 4.69) is 34.5 Å². The highest BCUT2D eigenvalue weighted by atomic mass is 35.5. The van der Waals surface area contributed by atoms with Gasteiger partial charge in [0.1, 0.15) is 0 Å². The number of halogens is 1. The Labute approximate surface area is 148 Å². The third kappa shape index (κ3) is 4.28. The fraction of sp³-hybridized carbons (Fsp3) is 0.316. The molecule has 2 aromatic rings. The molecule has 1 N–H and O–H groups in total.